The van der Waals surface area contributed by atoms with Crippen LogP contribution in [0.2, 0.25) is 10.0 Å². The number of nitrogens with one attached hydrogen (secondary N) is 3. The molecule has 0 bridgehead atoms. The zero-order chi connectivity index (χ0) is 28.2. The minimum absolute atomic E-state index is 0.115. The maximum atomic E-state index is 12.9. The van der Waals surface area contributed by atoms with Crippen LogP contribution in [0.15, 0.2) is 59.6 Å². The Morgan fingerprint density at radius 1 is 1.11 bits per heavy atom. The summed E-state index contributed by atoms with van der Waals surface area (Å²) >= 11 is 18.2. The van der Waals surface area contributed by atoms with Gasteiger partial charge in [0, 0.05) is 30.8 Å². The predicted molar refractivity (Wildman–Crippen MR) is 155 cm³/mol. The highest BCUT2D eigenvalue weighted by atomic mass is 35.5. The van der Waals surface area contributed by atoms with Crippen LogP contribution in [0.4, 0.5) is 21.9 Å². The van der Waals surface area contributed by atoms with Gasteiger partial charge >= 0.3 is 6.03 Å². The Kier molecular flexibility index (Phi) is 11.9. The van der Waals surface area contributed by atoms with Crippen molar-refractivity contribution in [3.8, 4) is 11.5 Å². The Morgan fingerprint density at radius 2 is 1.71 bits per heavy atom. The van der Waals surface area contributed by atoms with E-state index in [1.807, 2.05) is 12.1 Å². The molecule has 2 rings (SSSR count). The first-order chi connectivity index (χ1) is 18.2. The average molecular weight is 583 g/mol. The van der Waals surface area contributed by atoms with Crippen LogP contribution in [0, 0.1) is 0 Å². The molecule has 0 saturated heterocycles. The van der Waals surface area contributed by atoms with Gasteiger partial charge in [0.2, 0.25) is 11.7 Å². The van der Waals surface area contributed by atoms with E-state index in [1.165, 1.54) is 50.7 Å². The number of hydrogen-bond donors (Lipinski definition) is 3. The number of likely N-dealkylation sites (N-methyl/N-ethyl adjacent to an activating group) is 1. The molecule has 0 unspecified atom stereocenters. The highest BCUT2D eigenvalue weighted by molar-refractivity contribution is 6.41. The number of ether oxygens (including phenoxy) is 2. The lowest BCUT2D eigenvalue weighted by Crippen LogP contribution is -2.36. The minimum Gasteiger partial charge on any atom is -0.495 e. The molecule has 0 fully saturated rings. The highest BCUT2D eigenvalue weighted by Gasteiger charge is 2.23. The Balaban J connectivity index is 2.15. The van der Waals surface area contributed by atoms with Crippen molar-refractivity contribution >= 4 is 76.0 Å². The average Bonchev–Trinajstić information content (AvgIpc) is 2.90. The number of rotatable bonds is 10. The molecule has 0 spiro atoms. The molecule has 3 N–H and O–H groups in total. The lowest BCUT2D eigenvalue weighted by molar-refractivity contribution is -0.486. The second kappa shape index (κ2) is 14.9. The van der Waals surface area contributed by atoms with Crippen molar-refractivity contribution in [1.29, 1.82) is 0 Å². The minimum atomic E-state index is -0.576. The van der Waals surface area contributed by atoms with Crippen LogP contribution in [-0.4, -0.2) is 68.6 Å². The number of amides is 3. The van der Waals surface area contributed by atoms with Crippen molar-refractivity contribution in [1.82, 2.24) is 4.90 Å². The van der Waals surface area contributed by atoms with Crippen LogP contribution in [0.25, 0.3) is 0 Å². The number of amidine groups is 1. The van der Waals surface area contributed by atoms with E-state index >= 15 is 0 Å². The van der Waals surface area contributed by atoms with E-state index < -0.39 is 6.03 Å². The molecule has 0 radical (unpaired) electrons. The first-order valence-corrected chi connectivity index (χ1v) is 12.1. The van der Waals surface area contributed by atoms with Crippen LogP contribution < -0.4 is 25.4 Å². The number of aliphatic imine (C=N–C) groups is 1. The molecule has 10 nitrogen and oxygen atoms in total. The van der Waals surface area contributed by atoms with Gasteiger partial charge in [-0.2, -0.15) is 0 Å². The van der Waals surface area contributed by atoms with E-state index in [1.54, 1.807) is 23.8 Å². The summed E-state index contributed by atoms with van der Waals surface area (Å²) in [6.07, 6.45) is 4.14. The number of halogens is 3. The molecular weight excluding hydrogens is 555 g/mol. The molecule has 202 valence electrons. The van der Waals surface area contributed by atoms with E-state index in [9.17, 15) is 9.59 Å². The van der Waals surface area contributed by atoms with Gasteiger partial charge in [0.15, 0.2) is 6.67 Å². The molecule has 0 heterocycles. The standard InChI is InChI=1S/C25H27Cl3N6O4/c1-6-20(34(3)25(36)32-24-22(27)18(37-4)13-19(38-5)23(24)28)30-15-33(2)14-29-16-9-7-8-10-17(16)31-21(35)11-12-26/h6-13,15,29H,1,14H2,2-5H3,(H-,31,32,35,36)/p+1. The number of benzene rings is 2. The Labute approximate surface area is 236 Å². The fraction of sp³-hybridized carbons (Fsp3) is 0.200. The van der Waals surface area contributed by atoms with Crippen molar-refractivity contribution in [3.05, 3.63) is 64.6 Å². The predicted octanol–water partition coefficient (Wildman–Crippen LogP) is 5.49. The van der Waals surface area contributed by atoms with Crippen molar-refractivity contribution in [2.75, 3.05) is 50.9 Å². The topological polar surface area (TPSA) is 107 Å². The van der Waals surface area contributed by atoms with Crippen LogP contribution in [0.1, 0.15) is 0 Å². The summed E-state index contributed by atoms with van der Waals surface area (Å²) in [4.78, 5) is 30.3. The number of carbonyl (C=O) groups excluding carboxylic acids is 2. The second-order valence-corrected chi connectivity index (χ2v) is 8.51. The van der Waals surface area contributed by atoms with Crippen LogP contribution in [0.3, 0.4) is 0 Å². The molecule has 0 aliphatic carbocycles. The summed E-state index contributed by atoms with van der Waals surface area (Å²) in [6, 6.07) is 8.13. The van der Waals surface area contributed by atoms with Crippen LogP contribution in [-0.2, 0) is 4.79 Å². The van der Waals surface area contributed by atoms with Gasteiger partial charge in [-0.3, -0.25) is 9.69 Å². The number of methoxy groups -OCH3 is 2. The van der Waals surface area contributed by atoms with Gasteiger partial charge < -0.3 is 25.4 Å². The second-order valence-electron chi connectivity index (χ2n) is 7.50. The SMILES string of the molecule is C=CC(=NC=[N+](C)CNc1ccccc1NC(=O)C=CCl)N(C)C(=O)Nc1c(Cl)c(OC)cc(OC)c1Cl. The van der Waals surface area contributed by atoms with E-state index in [0.29, 0.717) is 18.0 Å². The first-order valence-electron chi connectivity index (χ1n) is 11.0. The molecule has 3 amide bonds. The molecule has 2 aromatic rings. The van der Waals surface area contributed by atoms with E-state index in [-0.39, 0.29) is 39.0 Å². The normalized spacial score (nSPS) is 11.7. The van der Waals surface area contributed by atoms with E-state index in [2.05, 4.69) is 27.5 Å². The summed E-state index contributed by atoms with van der Waals surface area (Å²) in [5.74, 6) is 0.452. The zero-order valence-corrected chi connectivity index (χ0v) is 23.5. The lowest BCUT2D eigenvalue weighted by atomic mass is 10.2. The van der Waals surface area contributed by atoms with Gasteiger partial charge in [-0.15, -0.1) is 0 Å². The molecule has 0 aromatic heterocycles. The molecular formula is C25H28Cl3N6O4+. The monoisotopic (exact) mass is 581 g/mol. The van der Waals surface area contributed by atoms with Gasteiger partial charge in [-0.25, -0.2) is 9.37 Å². The fourth-order valence-corrected chi connectivity index (χ4v) is 3.66. The summed E-state index contributed by atoms with van der Waals surface area (Å²) in [5.41, 5.74) is 2.54. The van der Waals surface area contributed by atoms with Crippen molar-refractivity contribution in [3.63, 3.8) is 0 Å². The molecule has 13 heteroatoms. The molecule has 0 saturated carbocycles. The zero-order valence-electron chi connectivity index (χ0n) is 21.2. The Hall–Kier alpha value is -3.73. The number of hydrogen-bond acceptors (Lipinski definition) is 5. The largest absolute Gasteiger partial charge is 0.495 e. The molecule has 0 atom stereocenters. The van der Waals surface area contributed by atoms with Gasteiger partial charge in [0.1, 0.15) is 21.5 Å². The van der Waals surface area contributed by atoms with Crippen molar-refractivity contribution in [2.24, 2.45) is 4.99 Å². The molecule has 0 aliphatic rings. The highest BCUT2D eigenvalue weighted by Crippen LogP contribution is 2.44. The summed E-state index contributed by atoms with van der Waals surface area (Å²) in [5, 5.41) is 8.82. The number of nitrogens with zero attached hydrogens (tertiary/aromatic N) is 3. The van der Waals surface area contributed by atoms with Crippen LogP contribution in [0.5, 0.6) is 11.5 Å². The number of para-hydroxylation sites is 2. The number of carbonyl (C=O) groups is 2. The van der Waals surface area contributed by atoms with E-state index in [4.69, 9.17) is 44.3 Å². The van der Waals surface area contributed by atoms with Crippen molar-refractivity contribution in [2.45, 2.75) is 0 Å². The number of anilines is 3. The van der Waals surface area contributed by atoms with Crippen LogP contribution >= 0.6 is 34.8 Å². The van der Waals surface area contributed by atoms with Crippen molar-refractivity contribution < 1.29 is 23.6 Å². The molecule has 38 heavy (non-hydrogen) atoms. The smallest absolute Gasteiger partial charge is 0.328 e. The third kappa shape index (κ3) is 8.14. The Morgan fingerprint density at radius 3 is 2.26 bits per heavy atom. The third-order valence-electron chi connectivity index (χ3n) is 4.94. The summed E-state index contributed by atoms with van der Waals surface area (Å²) in [6.45, 7) is 4.06. The summed E-state index contributed by atoms with van der Waals surface area (Å²) < 4.78 is 12.2. The van der Waals surface area contributed by atoms with E-state index in [0.717, 1.165) is 5.54 Å². The Bertz CT molecular complexity index is 1250. The van der Waals surface area contributed by atoms with Gasteiger partial charge in [0.05, 0.1) is 38.3 Å². The van der Waals surface area contributed by atoms with Gasteiger partial charge in [0.25, 0.3) is 6.34 Å². The lowest BCUT2D eigenvalue weighted by Gasteiger charge is -2.18. The number of urea groups is 1. The van der Waals surface area contributed by atoms with Gasteiger partial charge in [-0.05, 0) is 17.1 Å². The third-order valence-corrected chi connectivity index (χ3v) is 5.82. The molecule has 0 aliphatic heterocycles. The first kappa shape index (κ1) is 30.5. The maximum absolute atomic E-state index is 12.9. The quantitative estimate of drug-likeness (QED) is 0.113. The van der Waals surface area contributed by atoms with Gasteiger partial charge in [-0.1, -0.05) is 53.5 Å². The summed E-state index contributed by atoms with van der Waals surface area (Å²) in [7, 11) is 6.15. The maximum Gasteiger partial charge on any atom is 0.328 e. The molecule has 2 aromatic carbocycles. The fourth-order valence-electron chi connectivity index (χ4n) is 2.95.